The Bertz CT molecular complexity index is 448. The molecule has 98 valence electrons. The van der Waals surface area contributed by atoms with Crippen LogP contribution >= 0.6 is 0 Å². The maximum atomic E-state index is 12.1. The van der Waals surface area contributed by atoms with Crippen molar-refractivity contribution in [2.45, 2.75) is 19.1 Å². The summed E-state index contributed by atoms with van der Waals surface area (Å²) in [7, 11) is 1.64. The summed E-state index contributed by atoms with van der Waals surface area (Å²) in [5.41, 5.74) is 1.09. The first-order chi connectivity index (χ1) is 8.63. The first-order valence-electron chi connectivity index (χ1n) is 5.96. The second-order valence-corrected chi connectivity index (χ2v) is 4.46. The van der Waals surface area contributed by atoms with Gasteiger partial charge in [0.1, 0.15) is 5.75 Å². The molecule has 1 saturated heterocycles. The summed E-state index contributed by atoms with van der Waals surface area (Å²) in [4.78, 5) is 12.1. The Balaban J connectivity index is 2.10. The van der Waals surface area contributed by atoms with Gasteiger partial charge in [-0.15, -0.1) is 0 Å². The van der Waals surface area contributed by atoms with Gasteiger partial charge in [-0.25, -0.2) is 0 Å². The Morgan fingerprint density at radius 1 is 1.50 bits per heavy atom. The Morgan fingerprint density at radius 3 is 3.00 bits per heavy atom. The number of phenolic OH excluding ortho intramolecular Hbond substituents is 1. The van der Waals surface area contributed by atoms with Gasteiger partial charge in [-0.2, -0.15) is 0 Å². The summed E-state index contributed by atoms with van der Waals surface area (Å²) >= 11 is 0. The van der Waals surface area contributed by atoms with Crippen molar-refractivity contribution >= 4 is 5.91 Å². The van der Waals surface area contributed by atoms with E-state index in [1.165, 1.54) is 0 Å². The fraction of sp³-hybridized carbons (Fsp3) is 0.462. The van der Waals surface area contributed by atoms with Crippen molar-refractivity contribution in [1.82, 2.24) is 10.6 Å². The van der Waals surface area contributed by atoms with Gasteiger partial charge in [0.2, 0.25) is 0 Å². The molecule has 3 N–H and O–H groups in total. The van der Waals surface area contributed by atoms with Gasteiger partial charge in [-0.05, 0) is 19.1 Å². The maximum absolute atomic E-state index is 12.1. The molecular formula is C13H18N2O3. The van der Waals surface area contributed by atoms with E-state index in [1.807, 2.05) is 0 Å². The van der Waals surface area contributed by atoms with Crippen LogP contribution < -0.4 is 10.6 Å². The van der Waals surface area contributed by atoms with E-state index in [0.29, 0.717) is 17.7 Å². The van der Waals surface area contributed by atoms with Crippen LogP contribution in [0.1, 0.15) is 15.9 Å². The second kappa shape index (κ2) is 5.37. The topological polar surface area (TPSA) is 70.6 Å². The van der Waals surface area contributed by atoms with E-state index < -0.39 is 0 Å². The number of carbonyl (C=O) groups excluding carboxylic acids is 1. The summed E-state index contributed by atoms with van der Waals surface area (Å²) in [6.45, 7) is 3.16. The first-order valence-corrected chi connectivity index (χ1v) is 5.96. The molecule has 2 rings (SSSR count). The summed E-state index contributed by atoms with van der Waals surface area (Å²) in [6, 6.07) is 4.90. The highest BCUT2D eigenvalue weighted by Crippen LogP contribution is 2.19. The standard InChI is InChI=1S/C13H18N2O3/c1-8-9(4-3-5-11(8)16)13(17)15-10-6-14-7-12(10)18-2/h3-5,10,12,14,16H,6-7H2,1-2H3,(H,15,17)/t10?,12-/m0/s1. The summed E-state index contributed by atoms with van der Waals surface area (Å²) < 4.78 is 5.29. The average molecular weight is 250 g/mol. The van der Waals surface area contributed by atoms with Crippen molar-refractivity contribution in [3.05, 3.63) is 29.3 Å². The molecule has 5 heteroatoms. The van der Waals surface area contributed by atoms with Crippen LogP contribution in [0.5, 0.6) is 5.75 Å². The second-order valence-electron chi connectivity index (χ2n) is 4.46. The van der Waals surface area contributed by atoms with Gasteiger partial charge < -0.3 is 20.5 Å². The van der Waals surface area contributed by atoms with Crippen LogP contribution in [0.3, 0.4) is 0 Å². The lowest BCUT2D eigenvalue weighted by Crippen LogP contribution is -2.43. The van der Waals surface area contributed by atoms with Gasteiger partial charge in [0.25, 0.3) is 5.91 Å². The van der Waals surface area contributed by atoms with Crippen molar-refractivity contribution in [2.75, 3.05) is 20.2 Å². The van der Waals surface area contributed by atoms with Crippen molar-refractivity contribution in [3.8, 4) is 5.75 Å². The van der Waals surface area contributed by atoms with Gasteiger partial charge in [-0.3, -0.25) is 4.79 Å². The molecule has 0 bridgehead atoms. The van der Waals surface area contributed by atoms with Gasteiger partial charge in [0, 0.05) is 31.3 Å². The number of hydrogen-bond acceptors (Lipinski definition) is 4. The fourth-order valence-corrected chi connectivity index (χ4v) is 2.16. The van der Waals surface area contributed by atoms with Crippen LogP contribution in [0.25, 0.3) is 0 Å². The van der Waals surface area contributed by atoms with Gasteiger partial charge in [0.05, 0.1) is 12.1 Å². The number of benzene rings is 1. The van der Waals surface area contributed by atoms with Crippen LogP contribution in [0, 0.1) is 6.92 Å². The normalized spacial score (nSPS) is 23.0. The molecule has 0 aromatic heterocycles. The van der Waals surface area contributed by atoms with Crippen molar-refractivity contribution < 1.29 is 14.6 Å². The predicted molar refractivity (Wildman–Crippen MR) is 67.8 cm³/mol. The van der Waals surface area contributed by atoms with E-state index in [2.05, 4.69) is 10.6 Å². The molecule has 1 aliphatic rings. The molecule has 1 aliphatic heterocycles. The quantitative estimate of drug-likeness (QED) is 0.727. The molecule has 0 aliphatic carbocycles. The molecule has 1 aromatic carbocycles. The third-order valence-corrected chi connectivity index (χ3v) is 3.33. The minimum absolute atomic E-state index is 0.00781. The largest absolute Gasteiger partial charge is 0.508 e. The van der Waals surface area contributed by atoms with E-state index >= 15 is 0 Å². The molecule has 1 heterocycles. The van der Waals surface area contributed by atoms with E-state index in [4.69, 9.17) is 4.74 Å². The Morgan fingerprint density at radius 2 is 2.28 bits per heavy atom. The number of rotatable bonds is 3. The SMILES string of the molecule is CO[C@H]1CNCC1NC(=O)c1cccc(O)c1C. The molecule has 18 heavy (non-hydrogen) atoms. The number of aromatic hydroxyl groups is 1. The van der Waals surface area contributed by atoms with Gasteiger partial charge in [-0.1, -0.05) is 6.07 Å². The smallest absolute Gasteiger partial charge is 0.252 e. The molecule has 5 nitrogen and oxygen atoms in total. The number of methoxy groups -OCH3 is 1. The van der Waals surface area contributed by atoms with Crippen LogP contribution in [0.2, 0.25) is 0 Å². The number of hydrogen-bond donors (Lipinski definition) is 3. The summed E-state index contributed by atoms with van der Waals surface area (Å²) in [5, 5.41) is 15.7. The van der Waals surface area contributed by atoms with E-state index in [-0.39, 0.29) is 23.8 Å². The molecule has 1 amide bonds. The van der Waals surface area contributed by atoms with Crippen molar-refractivity contribution in [3.63, 3.8) is 0 Å². The van der Waals surface area contributed by atoms with E-state index in [9.17, 15) is 9.90 Å². The highest BCUT2D eigenvalue weighted by molar-refractivity contribution is 5.96. The van der Waals surface area contributed by atoms with Crippen LogP contribution in [-0.2, 0) is 4.74 Å². The number of carbonyl (C=O) groups is 1. The molecule has 0 spiro atoms. The Hall–Kier alpha value is -1.59. The van der Waals surface area contributed by atoms with Crippen LogP contribution in [-0.4, -0.2) is 43.4 Å². The zero-order chi connectivity index (χ0) is 13.1. The number of nitrogens with one attached hydrogen (secondary N) is 2. The minimum atomic E-state index is -0.181. The summed E-state index contributed by atoms with van der Waals surface area (Å²) in [5.74, 6) is -0.0466. The summed E-state index contributed by atoms with van der Waals surface area (Å²) in [6.07, 6.45) is -0.00781. The highest BCUT2D eigenvalue weighted by Gasteiger charge is 2.28. The monoisotopic (exact) mass is 250 g/mol. The number of ether oxygens (including phenoxy) is 1. The molecule has 1 aromatic rings. The Labute approximate surface area is 106 Å². The predicted octanol–water partition coefficient (Wildman–Crippen LogP) is 0.417. The van der Waals surface area contributed by atoms with Crippen LogP contribution in [0.4, 0.5) is 0 Å². The molecule has 2 atom stereocenters. The molecule has 0 radical (unpaired) electrons. The lowest BCUT2D eigenvalue weighted by atomic mass is 10.1. The zero-order valence-corrected chi connectivity index (χ0v) is 10.6. The third-order valence-electron chi connectivity index (χ3n) is 3.33. The van der Waals surface area contributed by atoms with Crippen LogP contribution in [0.15, 0.2) is 18.2 Å². The lowest BCUT2D eigenvalue weighted by molar-refractivity contribution is 0.0779. The van der Waals surface area contributed by atoms with E-state index in [0.717, 1.165) is 6.54 Å². The molecule has 1 unspecified atom stereocenters. The zero-order valence-electron chi connectivity index (χ0n) is 10.6. The highest BCUT2D eigenvalue weighted by atomic mass is 16.5. The van der Waals surface area contributed by atoms with E-state index in [1.54, 1.807) is 32.2 Å². The third kappa shape index (κ3) is 2.47. The molecule has 0 saturated carbocycles. The molecule has 1 fully saturated rings. The maximum Gasteiger partial charge on any atom is 0.252 e. The first kappa shape index (κ1) is 12.9. The van der Waals surface area contributed by atoms with Crippen molar-refractivity contribution in [1.29, 1.82) is 0 Å². The number of phenols is 1. The molecular weight excluding hydrogens is 232 g/mol. The number of amides is 1. The fourth-order valence-electron chi connectivity index (χ4n) is 2.16. The van der Waals surface area contributed by atoms with Crippen molar-refractivity contribution in [2.24, 2.45) is 0 Å². The van der Waals surface area contributed by atoms with Gasteiger partial charge >= 0.3 is 0 Å². The Kier molecular flexibility index (Phi) is 3.84. The minimum Gasteiger partial charge on any atom is -0.508 e. The van der Waals surface area contributed by atoms with Gasteiger partial charge in [0.15, 0.2) is 0 Å². The lowest BCUT2D eigenvalue weighted by Gasteiger charge is -2.19. The average Bonchev–Trinajstić information content (AvgIpc) is 2.79.